The number of nitrogens with one attached hydrogen (secondary N) is 1. The minimum atomic E-state index is -0.0279. The van der Waals surface area contributed by atoms with E-state index >= 15 is 0 Å². The number of nitrogens with zero attached hydrogens (tertiary/aromatic N) is 2. The number of anilines is 1. The molecule has 33 heavy (non-hydrogen) atoms. The van der Waals surface area contributed by atoms with E-state index in [-0.39, 0.29) is 6.04 Å². The number of pyridine rings is 1. The average molecular weight is 458 g/mol. The third-order valence-corrected chi connectivity index (χ3v) is 6.62. The van der Waals surface area contributed by atoms with Crippen molar-refractivity contribution in [3.63, 3.8) is 0 Å². The van der Waals surface area contributed by atoms with Gasteiger partial charge in [0.1, 0.15) is 5.75 Å². The van der Waals surface area contributed by atoms with E-state index in [1.165, 1.54) is 37.1 Å². The van der Waals surface area contributed by atoms with Crippen LogP contribution in [0.25, 0.3) is 10.9 Å². The molecule has 0 saturated carbocycles. The summed E-state index contributed by atoms with van der Waals surface area (Å²) in [6, 6.07) is 25.0. The van der Waals surface area contributed by atoms with E-state index in [0.29, 0.717) is 0 Å². The predicted octanol–water partition coefficient (Wildman–Crippen LogP) is 6.69. The zero-order chi connectivity index (χ0) is 22.6. The summed E-state index contributed by atoms with van der Waals surface area (Å²) in [5.74, 6) is 0.813. The lowest BCUT2D eigenvalue weighted by molar-refractivity contribution is 0.331. The topological polar surface area (TPSA) is 37.4 Å². The lowest BCUT2D eigenvalue weighted by Gasteiger charge is -2.23. The van der Waals surface area contributed by atoms with Crippen molar-refractivity contribution in [3.05, 3.63) is 101 Å². The van der Waals surface area contributed by atoms with Gasteiger partial charge in [-0.1, -0.05) is 48.0 Å². The van der Waals surface area contributed by atoms with Crippen LogP contribution >= 0.6 is 11.6 Å². The molecule has 2 heterocycles. The standard InChI is InChI=1S/C28H28ClN3O/c1-33-24-12-13-26-25(18-24)27(14-15-30-26)31-28(22-8-10-23(29)11-9-22)21-6-4-20(5-7-21)19-32-16-2-3-17-32/h4-15,18,28H,2-3,16-17,19H2,1H3,(H,30,31). The number of benzene rings is 3. The number of methoxy groups -OCH3 is 1. The number of likely N-dealkylation sites (tertiary alicyclic amines) is 1. The molecule has 4 aromatic rings. The highest BCUT2D eigenvalue weighted by molar-refractivity contribution is 6.30. The van der Waals surface area contributed by atoms with Crippen LogP contribution in [0.4, 0.5) is 5.69 Å². The normalized spacial score (nSPS) is 15.0. The third-order valence-electron chi connectivity index (χ3n) is 6.37. The molecule has 0 bridgehead atoms. The van der Waals surface area contributed by atoms with Gasteiger partial charge in [-0.25, -0.2) is 0 Å². The van der Waals surface area contributed by atoms with Crippen molar-refractivity contribution in [2.45, 2.75) is 25.4 Å². The maximum absolute atomic E-state index is 6.19. The SMILES string of the molecule is COc1ccc2nccc(NC(c3ccc(Cl)cc3)c3ccc(CN4CCCC4)cc3)c2c1. The van der Waals surface area contributed by atoms with Crippen molar-refractivity contribution in [3.8, 4) is 5.75 Å². The molecule has 4 nitrogen and oxygen atoms in total. The summed E-state index contributed by atoms with van der Waals surface area (Å²) in [5.41, 5.74) is 5.65. The Labute approximate surface area is 200 Å². The van der Waals surface area contributed by atoms with Gasteiger partial charge in [0.2, 0.25) is 0 Å². The first-order valence-electron chi connectivity index (χ1n) is 11.5. The molecule has 1 aliphatic rings. The van der Waals surface area contributed by atoms with Gasteiger partial charge in [0, 0.05) is 28.8 Å². The molecule has 0 amide bonds. The van der Waals surface area contributed by atoms with Crippen molar-refractivity contribution in [1.29, 1.82) is 0 Å². The number of rotatable bonds is 7. The highest BCUT2D eigenvalue weighted by Crippen LogP contribution is 2.32. The fourth-order valence-electron chi connectivity index (χ4n) is 4.56. The number of hydrogen-bond donors (Lipinski definition) is 1. The van der Waals surface area contributed by atoms with E-state index in [2.05, 4.69) is 51.6 Å². The Bertz CT molecular complexity index is 1220. The number of fused-ring (bicyclic) bond motifs is 1. The van der Waals surface area contributed by atoms with Gasteiger partial charge < -0.3 is 10.1 Å². The van der Waals surface area contributed by atoms with Gasteiger partial charge in [0.25, 0.3) is 0 Å². The van der Waals surface area contributed by atoms with E-state index in [4.69, 9.17) is 16.3 Å². The van der Waals surface area contributed by atoms with Crippen LogP contribution in [0.2, 0.25) is 5.02 Å². The van der Waals surface area contributed by atoms with Gasteiger partial charge in [-0.2, -0.15) is 0 Å². The Morgan fingerprint density at radius 3 is 2.33 bits per heavy atom. The van der Waals surface area contributed by atoms with Crippen LogP contribution in [0.5, 0.6) is 5.75 Å². The van der Waals surface area contributed by atoms with Gasteiger partial charge in [0.15, 0.2) is 0 Å². The molecule has 5 heteroatoms. The fraction of sp³-hybridized carbons (Fsp3) is 0.250. The van der Waals surface area contributed by atoms with E-state index < -0.39 is 0 Å². The van der Waals surface area contributed by atoms with Crippen molar-refractivity contribution in [2.24, 2.45) is 0 Å². The zero-order valence-corrected chi connectivity index (χ0v) is 19.6. The van der Waals surface area contributed by atoms with Crippen molar-refractivity contribution in [2.75, 3.05) is 25.5 Å². The third kappa shape index (κ3) is 4.97. The maximum Gasteiger partial charge on any atom is 0.119 e. The highest BCUT2D eigenvalue weighted by Gasteiger charge is 2.17. The molecule has 1 fully saturated rings. The first kappa shape index (κ1) is 21.7. The van der Waals surface area contributed by atoms with E-state index in [9.17, 15) is 0 Å². The molecular weight excluding hydrogens is 430 g/mol. The lowest BCUT2D eigenvalue weighted by atomic mass is 9.97. The van der Waals surface area contributed by atoms with Crippen molar-refractivity contribution >= 4 is 28.2 Å². The fourth-order valence-corrected chi connectivity index (χ4v) is 4.69. The molecule has 1 saturated heterocycles. The molecule has 0 spiro atoms. The van der Waals surface area contributed by atoms with Crippen LogP contribution in [0.3, 0.4) is 0 Å². The Hall–Kier alpha value is -3.08. The second-order valence-electron chi connectivity index (χ2n) is 8.60. The Morgan fingerprint density at radius 2 is 1.64 bits per heavy atom. The minimum Gasteiger partial charge on any atom is -0.497 e. The summed E-state index contributed by atoms with van der Waals surface area (Å²) in [4.78, 5) is 7.05. The summed E-state index contributed by atoms with van der Waals surface area (Å²) in [5, 5.41) is 5.53. The molecule has 168 valence electrons. The van der Waals surface area contributed by atoms with Crippen LogP contribution in [0.1, 0.15) is 35.6 Å². The Morgan fingerprint density at radius 1 is 0.939 bits per heavy atom. The second kappa shape index (κ2) is 9.82. The molecule has 3 aromatic carbocycles. The van der Waals surface area contributed by atoms with Crippen LogP contribution in [-0.2, 0) is 6.54 Å². The van der Waals surface area contributed by atoms with E-state index in [0.717, 1.165) is 39.5 Å². The molecule has 0 radical (unpaired) electrons. The summed E-state index contributed by atoms with van der Waals surface area (Å²) in [6.07, 6.45) is 4.46. The molecule has 0 aliphatic carbocycles. The van der Waals surface area contributed by atoms with Gasteiger partial charge >= 0.3 is 0 Å². The summed E-state index contributed by atoms with van der Waals surface area (Å²) in [7, 11) is 1.69. The van der Waals surface area contributed by atoms with Crippen LogP contribution in [-0.4, -0.2) is 30.1 Å². The Kier molecular flexibility index (Phi) is 6.47. The first-order chi connectivity index (χ1) is 16.2. The molecule has 1 aromatic heterocycles. The largest absolute Gasteiger partial charge is 0.497 e. The predicted molar refractivity (Wildman–Crippen MR) is 136 cm³/mol. The highest BCUT2D eigenvalue weighted by atomic mass is 35.5. The van der Waals surface area contributed by atoms with Crippen LogP contribution in [0, 0.1) is 0 Å². The minimum absolute atomic E-state index is 0.0279. The molecule has 1 aliphatic heterocycles. The summed E-state index contributed by atoms with van der Waals surface area (Å²) >= 11 is 6.19. The molecular formula is C28H28ClN3O. The second-order valence-corrected chi connectivity index (χ2v) is 9.03. The Balaban J connectivity index is 1.49. The molecule has 1 atom stereocenters. The number of hydrogen-bond acceptors (Lipinski definition) is 4. The number of halogens is 1. The van der Waals surface area contributed by atoms with E-state index in [1.54, 1.807) is 7.11 Å². The molecule has 1 unspecified atom stereocenters. The lowest BCUT2D eigenvalue weighted by Crippen LogP contribution is -2.18. The zero-order valence-electron chi connectivity index (χ0n) is 18.8. The first-order valence-corrected chi connectivity index (χ1v) is 11.8. The van der Waals surface area contributed by atoms with Gasteiger partial charge in [-0.3, -0.25) is 9.88 Å². The van der Waals surface area contributed by atoms with Crippen molar-refractivity contribution < 1.29 is 4.74 Å². The van der Waals surface area contributed by atoms with Gasteiger partial charge in [-0.05, 0) is 79.0 Å². The summed E-state index contributed by atoms with van der Waals surface area (Å²) in [6.45, 7) is 3.43. The van der Waals surface area contributed by atoms with Gasteiger partial charge in [-0.15, -0.1) is 0 Å². The maximum atomic E-state index is 6.19. The quantitative estimate of drug-likeness (QED) is 0.335. The van der Waals surface area contributed by atoms with Crippen molar-refractivity contribution in [1.82, 2.24) is 9.88 Å². The number of aromatic nitrogens is 1. The summed E-state index contributed by atoms with van der Waals surface area (Å²) < 4.78 is 5.46. The number of ether oxygens (including phenoxy) is 1. The monoisotopic (exact) mass is 457 g/mol. The van der Waals surface area contributed by atoms with Crippen LogP contribution < -0.4 is 10.1 Å². The molecule has 1 N–H and O–H groups in total. The molecule has 5 rings (SSSR count). The van der Waals surface area contributed by atoms with E-state index in [1.807, 2.05) is 42.6 Å². The smallest absolute Gasteiger partial charge is 0.119 e. The average Bonchev–Trinajstić information content (AvgIpc) is 3.37. The van der Waals surface area contributed by atoms with Crippen LogP contribution in [0.15, 0.2) is 79.0 Å². The van der Waals surface area contributed by atoms with Gasteiger partial charge in [0.05, 0.1) is 18.7 Å².